The number of nitrogens with one attached hydrogen (secondary N) is 2. The summed E-state index contributed by atoms with van der Waals surface area (Å²) in [5.74, 6) is 2.38. The van der Waals surface area contributed by atoms with E-state index in [1.165, 1.54) is 11.5 Å². The molecule has 17 heavy (non-hydrogen) atoms. The Hall–Kier alpha value is -1.26. The van der Waals surface area contributed by atoms with E-state index in [1.54, 1.807) is 11.8 Å². The standard InChI is InChI=1S/C10H15N5S2/c1-2-12-10(14-8-11)13-4-6-16-7-9-3-5-17-15-9/h3,5H,2,4,6-7H2,1H3,(H2,12,13,14). The Bertz CT molecular complexity index is 369. The summed E-state index contributed by atoms with van der Waals surface area (Å²) in [4.78, 5) is 4.26. The summed E-state index contributed by atoms with van der Waals surface area (Å²) in [6.45, 7) is 3.40. The van der Waals surface area contributed by atoms with Gasteiger partial charge in [-0.2, -0.15) is 21.4 Å². The van der Waals surface area contributed by atoms with Crippen LogP contribution in [0, 0.1) is 11.5 Å². The Labute approximate surface area is 109 Å². The van der Waals surface area contributed by atoms with Crippen LogP contribution in [0.5, 0.6) is 0 Å². The molecule has 2 N–H and O–H groups in total. The highest BCUT2D eigenvalue weighted by molar-refractivity contribution is 7.98. The number of hydrogen-bond acceptors (Lipinski definition) is 5. The molecule has 0 amide bonds. The molecule has 92 valence electrons. The average molecular weight is 269 g/mol. The maximum Gasteiger partial charge on any atom is 0.204 e. The van der Waals surface area contributed by atoms with Gasteiger partial charge in [-0.15, -0.1) is 0 Å². The van der Waals surface area contributed by atoms with Crippen molar-refractivity contribution in [2.45, 2.75) is 12.7 Å². The van der Waals surface area contributed by atoms with Gasteiger partial charge in [0.2, 0.25) is 5.96 Å². The lowest BCUT2D eigenvalue weighted by Gasteiger charge is -2.04. The minimum absolute atomic E-state index is 0.546. The summed E-state index contributed by atoms with van der Waals surface area (Å²) in [6.07, 6.45) is 1.86. The molecule has 1 aromatic heterocycles. The smallest absolute Gasteiger partial charge is 0.204 e. The third kappa shape index (κ3) is 6.14. The quantitative estimate of drug-likeness (QED) is 0.269. The van der Waals surface area contributed by atoms with Crippen LogP contribution in [0.15, 0.2) is 16.4 Å². The maximum atomic E-state index is 8.50. The second-order valence-corrected chi connectivity index (χ2v) is 4.81. The van der Waals surface area contributed by atoms with Gasteiger partial charge in [0.25, 0.3) is 0 Å². The zero-order valence-corrected chi connectivity index (χ0v) is 11.3. The van der Waals surface area contributed by atoms with E-state index in [0.717, 1.165) is 23.7 Å². The Morgan fingerprint density at radius 1 is 1.71 bits per heavy atom. The van der Waals surface area contributed by atoms with Gasteiger partial charge in [0, 0.05) is 23.4 Å². The number of rotatable bonds is 6. The first-order valence-electron chi connectivity index (χ1n) is 5.27. The van der Waals surface area contributed by atoms with Gasteiger partial charge in [-0.25, -0.2) is 0 Å². The van der Waals surface area contributed by atoms with Crippen LogP contribution in [-0.2, 0) is 5.75 Å². The molecule has 0 unspecified atom stereocenters. The summed E-state index contributed by atoms with van der Waals surface area (Å²) in [5, 5.41) is 16.0. The molecule has 0 atom stereocenters. The van der Waals surface area contributed by atoms with Crippen LogP contribution in [0.25, 0.3) is 0 Å². The number of nitrogens with zero attached hydrogens (tertiary/aromatic N) is 3. The van der Waals surface area contributed by atoms with Crippen LogP contribution in [0.3, 0.4) is 0 Å². The molecular weight excluding hydrogens is 254 g/mol. The van der Waals surface area contributed by atoms with Gasteiger partial charge >= 0.3 is 0 Å². The minimum atomic E-state index is 0.546. The first kappa shape index (κ1) is 13.8. The molecule has 0 spiro atoms. The van der Waals surface area contributed by atoms with Gasteiger partial charge in [0.15, 0.2) is 6.19 Å². The van der Waals surface area contributed by atoms with Crippen LogP contribution in [0.1, 0.15) is 12.6 Å². The third-order valence-corrected chi connectivity index (χ3v) is 3.33. The minimum Gasteiger partial charge on any atom is -0.356 e. The largest absolute Gasteiger partial charge is 0.356 e. The first-order valence-corrected chi connectivity index (χ1v) is 7.26. The monoisotopic (exact) mass is 269 g/mol. The molecule has 5 nitrogen and oxygen atoms in total. The number of aliphatic imine (C=N–C) groups is 1. The van der Waals surface area contributed by atoms with Gasteiger partial charge in [0.05, 0.1) is 12.2 Å². The lowest BCUT2D eigenvalue weighted by molar-refractivity contribution is 0.910. The molecule has 1 aromatic rings. The van der Waals surface area contributed by atoms with Crippen LogP contribution >= 0.6 is 23.3 Å². The molecule has 7 heteroatoms. The molecular formula is C10H15N5S2. The molecule has 1 rings (SSSR count). The van der Waals surface area contributed by atoms with Crippen molar-refractivity contribution in [1.29, 1.82) is 5.26 Å². The van der Waals surface area contributed by atoms with Crippen molar-refractivity contribution >= 4 is 29.3 Å². The molecule has 0 radical (unpaired) electrons. The summed E-state index contributed by atoms with van der Waals surface area (Å²) < 4.78 is 4.23. The second kappa shape index (κ2) is 8.84. The van der Waals surface area contributed by atoms with Gasteiger partial charge in [-0.1, -0.05) is 0 Å². The molecule has 0 saturated carbocycles. The average Bonchev–Trinajstić information content (AvgIpc) is 2.82. The summed E-state index contributed by atoms with van der Waals surface area (Å²) in [7, 11) is 0. The fourth-order valence-corrected chi connectivity index (χ4v) is 2.43. The molecule has 0 aliphatic carbocycles. The number of nitriles is 1. The third-order valence-electron chi connectivity index (χ3n) is 1.77. The van der Waals surface area contributed by atoms with Crippen LogP contribution < -0.4 is 10.6 Å². The lowest BCUT2D eigenvalue weighted by atomic mass is 10.5. The highest BCUT2D eigenvalue weighted by Crippen LogP contribution is 2.10. The van der Waals surface area contributed by atoms with E-state index in [-0.39, 0.29) is 0 Å². The van der Waals surface area contributed by atoms with Crippen molar-refractivity contribution in [3.05, 3.63) is 17.1 Å². The van der Waals surface area contributed by atoms with E-state index in [9.17, 15) is 0 Å². The van der Waals surface area contributed by atoms with E-state index >= 15 is 0 Å². The summed E-state index contributed by atoms with van der Waals surface area (Å²) >= 11 is 3.26. The van der Waals surface area contributed by atoms with E-state index in [0.29, 0.717) is 12.5 Å². The topological polar surface area (TPSA) is 73.1 Å². The van der Waals surface area contributed by atoms with Crippen molar-refractivity contribution in [2.75, 3.05) is 18.8 Å². The normalized spacial score (nSPS) is 10.9. The maximum absolute atomic E-state index is 8.50. The van der Waals surface area contributed by atoms with E-state index in [1.807, 2.05) is 24.6 Å². The van der Waals surface area contributed by atoms with E-state index in [2.05, 4.69) is 20.0 Å². The molecule has 0 saturated heterocycles. The predicted octanol–water partition coefficient (Wildman–Crippen LogP) is 1.41. The second-order valence-electron chi connectivity index (χ2n) is 3.04. The highest BCUT2D eigenvalue weighted by atomic mass is 32.2. The zero-order chi connectivity index (χ0) is 12.3. The Morgan fingerprint density at radius 3 is 3.24 bits per heavy atom. The van der Waals surface area contributed by atoms with Crippen molar-refractivity contribution in [1.82, 2.24) is 15.0 Å². The fourth-order valence-electron chi connectivity index (χ4n) is 1.07. The van der Waals surface area contributed by atoms with Crippen molar-refractivity contribution in [2.24, 2.45) is 4.99 Å². The summed E-state index contributed by atoms with van der Waals surface area (Å²) in [6, 6.07) is 2.03. The SMILES string of the molecule is CCN/C(=N/CCSCc1ccsn1)NC#N. The Morgan fingerprint density at radius 2 is 2.59 bits per heavy atom. The van der Waals surface area contributed by atoms with Crippen molar-refractivity contribution in [3.8, 4) is 6.19 Å². The van der Waals surface area contributed by atoms with E-state index in [4.69, 9.17) is 5.26 Å². The number of hydrogen-bond donors (Lipinski definition) is 2. The van der Waals surface area contributed by atoms with Gasteiger partial charge in [-0.3, -0.25) is 10.3 Å². The van der Waals surface area contributed by atoms with Gasteiger partial charge in [0.1, 0.15) is 0 Å². The Kier molecular flexibility index (Phi) is 7.18. The molecule has 1 heterocycles. The van der Waals surface area contributed by atoms with Gasteiger partial charge < -0.3 is 5.32 Å². The fraction of sp³-hybridized carbons (Fsp3) is 0.500. The molecule has 0 fully saturated rings. The molecule has 0 aliphatic heterocycles. The van der Waals surface area contributed by atoms with Crippen molar-refractivity contribution < 1.29 is 0 Å². The highest BCUT2D eigenvalue weighted by Gasteiger charge is 1.96. The van der Waals surface area contributed by atoms with Crippen LogP contribution in [0.4, 0.5) is 0 Å². The first-order chi connectivity index (χ1) is 8.36. The van der Waals surface area contributed by atoms with E-state index < -0.39 is 0 Å². The number of guanidine groups is 1. The van der Waals surface area contributed by atoms with Crippen molar-refractivity contribution in [3.63, 3.8) is 0 Å². The number of thioether (sulfide) groups is 1. The van der Waals surface area contributed by atoms with Crippen LogP contribution in [0.2, 0.25) is 0 Å². The predicted molar refractivity (Wildman–Crippen MR) is 73.0 cm³/mol. The molecule has 0 bridgehead atoms. The molecule has 0 aromatic carbocycles. The molecule has 0 aliphatic rings. The number of aromatic nitrogens is 1. The lowest BCUT2D eigenvalue weighted by Crippen LogP contribution is -2.34. The zero-order valence-electron chi connectivity index (χ0n) is 9.64. The summed E-state index contributed by atoms with van der Waals surface area (Å²) in [5.41, 5.74) is 1.12. The van der Waals surface area contributed by atoms with Gasteiger partial charge in [-0.05, 0) is 24.5 Å². The van der Waals surface area contributed by atoms with Crippen LogP contribution in [-0.4, -0.2) is 29.2 Å². The Balaban J connectivity index is 2.16.